The van der Waals surface area contributed by atoms with Crippen LogP contribution in [0.1, 0.15) is 45.2 Å². The van der Waals surface area contributed by atoms with E-state index in [4.69, 9.17) is 0 Å². The molecule has 2 nitrogen and oxygen atoms in total. The minimum atomic E-state index is 0.710. The second-order valence-corrected chi connectivity index (χ2v) is 7.32. The van der Waals surface area contributed by atoms with E-state index < -0.39 is 0 Å². The molecule has 0 spiro atoms. The average Bonchev–Trinajstić information content (AvgIpc) is 2.43. The second kappa shape index (κ2) is 7.31. The van der Waals surface area contributed by atoms with E-state index in [1.54, 1.807) is 0 Å². The largest absolute Gasteiger partial charge is 0.371 e. The van der Waals surface area contributed by atoms with E-state index in [9.17, 15) is 0 Å². The summed E-state index contributed by atoms with van der Waals surface area (Å²) in [6, 6.07) is 6.98. The molecule has 1 N–H and O–H groups in total. The first-order valence-electron chi connectivity index (χ1n) is 8.52. The van der Waals surface area contributed by atoms with Gasteiger partial charge in [0.1, 0.15) is 0 Å². The number of aryl methyl sites for hydroxylation is 1. The Morgan fingerprint density at radius 2 is 2.00 bits per heavy atom. The standard InChI is InChI=1S/C19H32N2/c1-14(2)11-20-12-18-6-7-19(10-16(18)4)21-9-8-15(3)17(5)13-21/h6-7,10,14-15,17,20H,8-9,11-13H2,1-5H3. The summed E-state index contributed by atoms with van der Waals surface area (Å²) in [5.74, 6) is 2.37. The molecule has 2 unspecified atom stereocenters. The van der Waals surface area contributed by atoms with E-state index in [1.165, 1.54) is 36.3 Å². The zero-order chi connectivity index (χ0) is 15.4. The maximum atomic E-state index is 3.54. The van der Waals surface area contributed by atoms with Gasteiger partial charge >= 0.3 is 0 Å². The monoisotopic (exact) mass is 288 g/mol. The number of hydrogen-bond acceptors (Lipinski definition) is 2. The molecule has 118 valence electrons. The summed E-state index contributed by atoms with van der Waals surface area (Å²) in [6.07, 6.45) is 1.32. The summed E-state index contributed by atoms with van der Waals surface area (Å²) in [6.45, 7) is 16.0. The summed E-state index contributed by atoms with van der Waals surface area (Å²) >= 11 is 0. The fourth-order valence-electron chi connectivity index (χ4n) is 3.07. The molecule has 0 saturated carbocycles. The molecule has 2 heteroatoms. The van der Waals surface area contributed by atoms with Gasteiger partial charge in [-0.05, 0) is 60.9 Å². The molecule has 2 rings (SSSR count). The minimum absolute atomic E-state index is 0.710. The first kappa shape index (κ1) is 16.4. The summed E-state index contributed by atoms with van der Waals surface area (Å²) in [4.78, 5) is 2.56. The van der Waals surface area contributed by atoms with Crippen molar-refractivity contribution in [2.45, 2.75) is 47.6 Å². The Balaban J connectivity index is 1.98. The normalized spacial score (nSPS) is 22.9. The van der Waals surface area contributed by atoms with Gasteiger partial charge in [0.05, 0.1) is 0 Å². The summed E-state index contributed by atoms with van der Waals surface area (Å²) in [7, 11) is 0. The molecule has 1 aliphatic heterocycles. The van der Waals surface area contributed by atoms with Gasteiger partial charge in [-0.15, -0.1) is 0 Å². The van der Waals surface area contributed by atoms with Gasteiger partial charge in [-0.3, -0.25) is 0 Å². The van der Waals surface area contributed by atoms with Gasteiger partial charge in [0.2, 0.25) is 0 Å². The van der Waals surface area contributed by atoms with Gasteiger partial charge in [-0.1, -0.05) is 33.8 Å². The number of nitrogens with one attached hydrogen (secondary N) is 1. The van der Waals surface area contributed by atoms with Crippen molar-refractivity contribution in [3.63, 3.8) is 0 Å². The lowest BCUT2D eigenvalue weighted by molar-refractivity contribution is 0.324. The maximum absolute atomic E-state index is 3.54. The molecule has 1 aromatic carbocycles. The highest BCUT2D eigenvalue weighted by molar-refractivity contribution is 5.51. The Bertz CT molecular complexity index is 453. The van der Waals surface area contributed by atoms with Crippen LogP contribution in [0.4, 0.5) is 5.69 Å². The van der Waals surface area contributed by atoms with Gasteiger partial charge in [-0.25, -0.2) is 0 Å². The fraction of sp³-hybridized carbons (Fsp3) is 0.684. The van der Waals surface area contributed by atoms with E-state index in [-0.39, 0.29) is 0 Å². The average molecular weight is 288 g/mol. The molecular formula is C19H32N2. The van der Waals surface area contributed by atoms with Crippen molar-refractivity contribution in [3.05, 3.63) is 29.3 Å². The Labute approximate surface area is 130 Å². The third-order valence-corrected chi connectivity index (χ3v) is 4.89. The third-order valence-electron chi connectivity index (χ3n) is 4.89. The third kappa shape index (κ3) is 4.47. The van der Waals surface area contributed by atoms with Crippen molar-refractivity contribution in [3.8, 4) is 0 Å². The van der Waals surface area contributed by atoms with Gasteiger partial charge in [0.25, 0.3) is 0 Å². The molecule has 1 aliphatic rings. The molecule has 0 amide bonds. The van der Waals surface area contributed by atoms with Crippen molar-refractivity contribution in [2.24, 2.45) is 17.8 Å². The van der Waals surface area contributed by atoms with Crippen LogP contribution in [0.3, 0.4) is 0 Å². The number of rotatable bonds is 5. The van der Waals surface area contributed by atoms with E-state index >= 15 is 0 Å². The van der Waals surface area contributed by atoms with E-state index in [0.717, 1.165) is 24.9 Å². The van der Waals surface area contributed by atoms with Crippen LogP contribution < -0.4 is 10.2 Å². The molecule has 0 aromatic heterocycles. The van der Waals surface area contributed by atoms with E-state index in [2.05, 4.69) is 63.0 Å². The van der Waals surface area contributed by atoms with Crippen LogP contribution in [0, 0.1) is 24.7 Å². The van der Waals surface area contributed by atoms with Crippen LogP contribution in [0.5, 0.6) is 0 Å². The maximum Gasteiger partial charge on any atom is 0.0369 e. The number of anilines is 1. The first-order chi connectivity index (χ1) is 9.97. The second-order valence-electron chi connectivity index (χ2n) is 7.32. The van der Waals surface area contributed by atoms with E-state index in [0.29, 0.717) is 5.92 Å². The van der Waals surface area contributed by atoms with Gasteiger partial charge < -0.3 is 10.2 Å². The van der Waals surface area contributed by atoms with Gasteiger partial charge in [-0.2, -0.15) is 0 Å². The molecule has 1 fully saturated rings. The van der Waals surface area contributed by atoms with Crippen molar-refractivity contribution < 1.29 is 0 Å². The number of piperidine rings is 1. The minimum Gasteiger partial charge on any atom is -0.371 e. The van der Waals surface area contributed by atoms with Crippen molar-refractivity contribution in [1.29, 1.82) is 0 Å². The molecule has 1 heterocycles. The Morgan fingerprint density at radius 3 is 2.62 bits per heavy atom. The highest BCUT2D eigenvalue weighted by atomic mass is 15.1. The number of benzene rings is 1. The van der Waals surface area contributed by atoms with Crippen LogP contribution in [0.2, 0.25) is 0 Å². The van der Waals surface area contributed by atoms with Crippen LogP contribution >= 0.6 is 0 Å². The Kier molecular flexibility index (Phi) is 5.69. The van der Waals surface area contributed by atoms with Crippen molar-refractivity contribution in [1.82, 2.24) is 5.32 Å². The van der Waals surface area contributed by atoms with Crippen LogP contribution in [0.15, 0.2) is 18.2 Å². The van der Waals surface area contributed by atoms with Gasteiger partial charge in [0, 0.05) is 25.3 Å². The smallest absolute Gasteiger partial charge is 0.0369 e. The molecule has 21 heavy (non-hydrogen) atoms. The quantitative estimate of drug-likeness (QED) is 0.872. The zero-order valence-corrected chi connectivity index (χ0v) is 14.4. The topological polar surface area (TPSA) is 15.3 Å². The summed E-state index contributed by atoms with van der Waals surface area (Å²) < 4.78 is 0. The Hall–Kier alpha value is -1.02. The van der Waals surface area contributed by atoms with Crippen molar-refractivity contribution in [2.75, 3.05) is 24.5 Å². The molecule has 0 aliphatic carbocycles. The lowest BCUT2D eigenvalue weighted by Crippen LogP contribution is -2.38. The fourth-order valence-corrected chi connectivity index (χ4v) is 3.07. The lowest BCUT2D eigenvalue weighted by atomic mass is 9.88. The molecule has 0 bridgehead atoms. The molecule has 1 aromatic rings. The molecular weight excluding hydrogens is 256 g/mol. The number of nitrogens with zero attached hydrogens (tertiary/aromatic N) is 1. The highest BCUT2D eigenvalue weighted by Gasteiger charge is 2.22. The number of hydrogen-bond donors (Lipinski definition) is 1. The Morgan fingerprint density at radius 1 is 1.24 bits per heavy atom. The lowest BCUT2D eigenvalue weighted by Gasteiger charge is -2.37. The first-order valence-corrected chi connectivity index (χ1v) is 8.52. The predicted molar refractivity (Wildman–Crippen MR) is 92.9 cm³/mol. The van der Waals surface area contributed by atoms with Gasteiger partial charge in [0.15, 0.2) is 0 Å². The molecule has 2 atom stereocenters. The zero-order valence-electron chi connectivity index (χ0n) is 14.4. The summed E-state index contributed by atoms with van der Waals surface area (Å²) in [5.41, 5.74) is 4.24. The van der Waals surface area contributed by atoms with Crippen LogP contribution in [-0.2, 0) is 6.54 Å². The molecule has 1 saturated heterocycles. The molecule has 0 radical (unpaired) electrons. The van der Waals surface area contributed by atoms with Crippen LogP contribution in [0.25, 0.3) is 0 Å². The van der Waals surface area contributed by atoms with Crippen LogP contribution in [-0.4, -0.2) is 19.6 Å². The SMILES string of the molecule is Cc1cc(N2CCC(C)C(C)C2)ccc1CNCC(C)C. The van der Waals surface area contributed by atoms with Crippen molar-refractivity contribution >= 4 is 5.69 Å². The predicted octanol–water partition coefficient (Wildman–Crippen LogP) is 4.22. The summed E-state index contributed by atoms with van der Waals surface area (Å²) in [5, 5.41) is 3.54. The highest BCUT2D eigenvalue weighted by Crippen LogP contribution is 2.28. The van der Waals surface area contributed by atoms with E-state index in [1.807, 2.05) is 0 Å².